The molecule has 0 saturated carbocycles. The molecule has 1 aliphatic rings. The lowest BCUT2D eigenvalue weighted by Crippen LogP contribution is -2.48. The topological polar surface area (TPSA) is 54.3 Å². The van der Waals surface area contributed by atoms with Gasteiger partial charge >= 0.3 is 6.18 Å². The molecule has 0 aliphatic carbocycles. The van der Waals surface area contributed by atoms with Gasteiger partial charge in [-0.1, -0.05) is 18.2 Å². The number of likely N-dealkylation sites (tertiary alicyclic amines) is 1. The monoisotopic (exact) mass is 367 g/mol. The number of benzene rings is 1. The molecule has 1 unspecified atom stereocenters. The van der Waals surface area contributed by atoms with Crippen molar-refractivity contribution in [3.63, 3.8) is 0 Å². The van der Waals surface area contributed by atoms with Gasteiger partial charge in [0, 0.05) is 31.2 Å². The lowest BCUT2D eigenvalue weighted by molar-refractivity contribution is -0.144. The van der Waals surface area contributed by atoms with Crippen LogP contribution in [0.2, 0.25) is 0 Å². The van der Waals surface area contributed by atoms with Crippen LogP contribution in [0.25, 0.3) is 10.9 Å². The normalized spacial score (nSPS) is 17.7. The summed E-state index contributed by atoms with van der Waals surface area (Å²) in [5.74, 6) is -0.952. The van der Waals surface area contributed by atoms with Crippen LogP contribution in [0.3, 0.4) is 0 Å². The van der Waals surface area contributed by atoms with Crippen molar-refractivity contribution in [3.05, 3.63) is 36.5 Å². The minimum atomic E-state index is -4.46. The second-order valence-corrected chi connectivity index (χ2v) is 6.40. The summed E-state index contributed by atoms with van der Waals surface area (Å²) in [5.41, 5.74) is 1.01. The first-order valence-corrected chi connectivity index (χ1v) is 8.53. The van der Waals surface area contributed by atoms with Gasteiger partial charge in [-0.2, -0.15) is 13.2 Å². The summed E-state index contributed by atoms with van der Waals surface area (Å²) in [4.78, 5) is 25.9. The molecule has 0 bridgehead atoms. The number of nitrogens with one attached hydrogen (secondary N) is 1. The van der Waals surface area contributed by atoms with Gasteiger partial charge in [0.2, 0.25) is 11.8 Å². The van der Waals surface area contributed by atoms with Crippen LogP contribution >= 0.6 is 0 Å². The zero-order chi connectivity index (χ0) is 18.7. The molecule has 1 N–H and O–H groups in total. The minimum Gasteiger partial charge on any atom is -0.347 e. The number of amides is 2. The van der Waals surface area contributed by atoms with Gasteiger partial charge in [-0.05, 0) is 30.4 Å². The Hall–Kier alpha value is -2.51. The van der Waals surface area contributed by atoms with E-state index in [0.717, 1.165) is 10.9 Å². The number of aryl methyl sites for hydroxylation is 1. The van der Waals surface area contributed by atoms with Crippen LogP contribution in [0.5, 0.6) is 0 Å². The Kier molecular flexibility index (Phi) is 5.20. The minimum absolute atomic E-state index is 0.196. The predicted octanol–water partition coefficient (Wildman–Crippen LogP) is 2.70. The third kappa shape index (κ3) is 4.17. The summed E-state index contributed by atoms with van der Waals surface area (Å²) in [6.45, 7) is -0.519. The van der Waals surface area contributed by atoms with Crippen molar-refractivity contribution in [1.82, 2.24) is 14.8 Å². The highest BCUT2D eigenvalue weighted by molar-refractivity contribution is 5.88. The van der Waals surface area contributed by atoms with Crippen molar-refractivity contribution in [1.29, 1.82) is 0 Å². The van der Waals surface area contributed by atoms with E-state index in [0.29, 0.717) is 25.9 Å². The number of halogens is 3. The highest BCUT2D eigenvalue weighted by Gasteiger charge is 2.36. The Labute approximate surface area is 148 Å². The average Bonchev–Trinajstić information content (AvgIpc) is 3.24. The average molecular weight is 367 g/mol. The van der Waals surface area contributed by atoms with Gasteiger partial charge in [0.25, 0.3) is 0 Å². The molecule has 1 atom stereocenters. The molecule has 2 aromatic rings. The summed E-state index contributed by atoms with van der Waals surface area (Å²) >= 11 is 0. The van der Waals surface area contributed by atoms with Gasteiger partial charge in [-0.25, -0.2) is 0 Å². The Bertz CT molecular complexity index is 800. The number of alkyl halides is 3. The maximum atomic E-state index is 12.5. The molecule has 2 heterocycles. The van der Waals surface area contributed by atoms with E-state index in [1.54, 1.807) is 0 Å². The fourth-order valence-corrected chi connectivity index (χ4v) is 3.34. The molecule has 3 rings (SSSR count). The Balaban J connectivity index is 1.59. The fraction of sp³-hybridized carbons (Fsp3) is 0.444. The first-order chi connectivity index (χ1) is 12.3. The van der Waals surface area contributed by atoms with Crippen molar-refractivity contribution in [2.24, 2.45) is 0 Å². The molecule has 0 radical (unpaired) electrons. The quantitative estimate of drug-likeness (QED) is 0.884. The molecule has 5 nitrogen and oxygen atoms in total. The molecule has 8 heteroatoms. The molecule has 1 saturated heterocycles. The smallest absolute Gasteiger partial charge is 0.347 e. The third-order valence-electron chi connectivity index (χ3n) is 4.59. The molecule has 26 heavy (non-hydrogen) atoms. The number of fused-ring (bicyclic) bond motifs is 1. The molecule has 1 aromatic carbocycles. The highest BCUT2D eigenvalue weighted by Crippen LogP contribution is 2.21. The van der Waals surface area contributed by atoms with Crippen LogP contribution in [0.1, 0.15) is 19.3 Å². The first kappa shape index (κ1) is 18.3. The zero-order valence-corrected chi connectivity index (χ0v) is 14.1. The third-order valence-corrected chi connectivity index (χ3v) is 4.59. The van der Waals surface area contributed by atoms with Gasteiger partial charge in [-0.3, -0.25) is 9.59 Å². The van der Waals surface area contributed by atoms with Gasteiger partial charge in [-0.15, -0.1) is 0 Å². The lowest BCUT2D eigenvalue weighted by atomic mass is 10.2. The summed E-state index contributed by atoms with van der Waals surface area (Å²) in [5, 5.41) is 2.95. The molecule has 140 valence electrons. The molecule has 1 fully saturated rings. The van der Waals surface area contributed by atoms with Crippen molar-refractivity contribution in [2.75, 3.05) is 13.1 Å². The Morgan fingerprint density at radius 3 is 2.73 bits per heavy atom. The summed E-state index contributed by atoms with van der Waals surface area (Å²) in [6, 6.07) is 8.95. The number of aromatic nitrogens is 1. The van der Waals surface area contributed by atoms with E-state index in [1.165, 1.54) is 4.90 Å². The number of nitrogens with zero attached hydrogens (tertiary/aromatic N) is 2. The summed E-state index contributed by atoms with van der Waals surface area (Å²) < 4.78 is 38.8. The van der Waals surface area contributed by atoms with Crippen LogP contribution in [0.4, 0.5) is 13.2 Å². The van der Waals surface area contributed by atoms with E-state index in [-0.39, 0.29) is 12.3 Å². The second-order valence-electron chi connectivity index (χ2n) is 6.40. The van der Waals surface area contributed by atoms with Gasteiger partial charge in [0.05, 0.1) is 0 Å². The van der Waals surface area contributed by atoms with Gasteiger partial charge < -0.3 is 14.8 Å². The van der Waals surface area contributed by atoms with Crippen LogP contribution in [-0.2, 0) is 16.1 Å². The van der Waals surface area contributed by atoms with Crippen LogP contribution in [0, 0.1) is 0 Å². The highest BCUT2D eigenvalue weighted by atomic mass is 19.4. The second kappa shape index (κ2) is 7.39. The first-order valence-electron chi connectivity index (χ1n) is 8.53. The fourth-order valence-electron chi connectivity index (χ4n) is 3.34. The number of hydrogen-bond acceptors (Lipinski definition) is 2. The largest absolute Gasteiger partial charge is 0.405 e. The van der Waals surface area contributed by atoms with Crippen LogP contribution in [-0.4, -0.2) is 46.6 Å². The molecule has 1 aromatic heterocycles. The summed E-state index contributed by atoms with van der Waals surface area (Å²) in [7, 11) is 0. The maximum Gasteiger partial charge on any atom is 0.405 e. The van der Waals surface area contributed by atoms with Crippen molar-refractivity contribution in [2.45, 2.75) is 38.0 Å². The van der Waals surface area contributed by atoms with Crippen molar-refractivity contribution >= 4 is 22.7 Å². The number of carbonyl (C=O) groups is 2. The molecule has 0 spiro atoms. The lowest BCUT2D eigenvalue weighted by Gasteiger charge is -2.24. The van der Waals surface area contributed by atoms with E-state index in [1.807, 2.05) is 46.4 Å². The Morgan fingerprint density at radius 2 is 1.96 bits per heavy atom. The predicted molar refractivity (Wildman–Crippen MR) is 90.4 cm³/mol. The molecular weight excluding hydrogens is 347 g/mol. The molecule has 2 amide bonds. The number of para-hydroxylation sites is 1. The summed E-state index contributed by atoms with van der Waals surface area (Å²) in [6.07, 6.45) is -1.36. The SMILES string of the molecule is O=C(NCC(F)(F)F)C1CCCN1C(=O)CCn1ccc2ccccc21. The Morgan fingerprint density at radius 1 is 1.19 bits per heavy atom. The molecule has 1 aliphatic heterocycles. The van der Waals surface area contributed by atoms with Crippen molar-refractivity contribution in [3.8, 4) is 0 Å². The number of hydrogen-bond donors (Lipinski definition) is 1. The number of carbonyl (C=O) groups excluding carboxylic acids is 2. The van der Waals surface area contributed by atoms with E-state index in [9.17, 15) is 22.8 Å². The van der Waals surface area contributed by atoms with E-state index in [2.05, 4.69) is 0 Å². The number of rotatable bonds is 5. The van der Waals surface area contributed by atoms with Gasteiger partial charge in [0.15, 0.2) is 0 Å². The maximum absolute atomic E-state index is 12.5. The van der Waals surface area contributed by atoms with E-state index >= 15 is 0 Å². The van der Waals surface area contributed by atoms with Crippen molar-refractivity contribution < 1.29 is 22.8 Å². The van der Waals surface area contributed by atoms with Crippen LogP contribution in [0.15, 0.2) is 36.5 Å². The van der Waals surface area contributed by atoms with E-state index in [4.69, 9.17) is 0 Å². The molecular formula is C18H20F3N3O2. The zero-order valence-electron chi connectivity index (χ0n) is 14.1. The van der Waals surface area contributed by atoms with Crippen LogP contribution < -0.4 is 5.32 Å². The van der Waals surface area contributed by atoms with E-state index < -0.39 is 24.7 Å². The standard InChI is InChI=1S/C18H20F3N3O2/c19-18(20,21)12-22-17(26)15-6-3-9-24(15)16(25)8-11-23-10-7-13-4-1-2-5-14(13)23/h1-2,4-5,7,10,15H,3,6,8-9,11-12H2,(H,22,26). The van der Waals surface area contributed by atoms with Gasteiger partial charge in [0.1, 0.15) is 12.6 Å².